The number of hydrogen-bond acceptors (Lipinski definition) is 12. The van der Waals surface area contributed by atoms with Gasteiger partial charge in [0.15, 0.2) is 13.6 Å². The number of nitrogens with zero attached hydrogens (tertiary/aromatic N) is 5. The summed E-state index contributed by atoms with van der Waals surface area (Å²) in [5, 5.41) is 0. The van der Waals surface area contributed by atoms with Gasteiger partial charge >= 0.3 is 7.75 Å². The average molecular weight is 967 g/mol. The number of anilines is 1. The van der Waals surface area contributed by atoms with Gasteiger partial charge in [0.1, 0.15) is 47.4 Å². The molecule has 18 heteroatoms. The highest BCUT2D eigenvalue weighted by Crippen LogP contribution is 2.57. The first-order chi connectivity index (χ1) is 26.5. The number of nitrogens with two attached hydrogens (primary N) is 1. The number of rotatable bonds is 14. The zero-order valence-corrected chi connectivity index (χ0v) is 35.7. The number of morpholine rings is 1. The van der Waals surface area contributed by atoms with Crippen LogP contribution in [-0.2, 0) is 33.4 Å². The lowest BCUT2D eigenvalue weighted by atomic mass is 9.80. The zero-order valence-electron chi connectivity index (χ0n) is 30.0. The van der Waals surface area contributed by atoms with E-state index in [4.69, 9.17) is 38.5 Å². The number of alkyl halides is 3. The Labute approximate surface area is 343 Å². The van der Waals surface area contributed by atoms with Gasteiger partial charge in [-0.05, 0) is 41.0 Å². The van der Waals surface area contributed by atoms with E-state index in [1.54, 1.807) is 29.8 Å². The van der Waals surface area contributed by atoms with Crippen molar-refractivity contribution >= 4 is 72.5 Å². The number of halogens is 3. The molecule has 292 valence electrons. The summed E-state index contributed by atoms with van der Waals surface area (Å²) >= 11 is 10.4. The maximum atomic E-state index is 14.9. The van der Waals surface area contributed by atoms with Gasteiger partial charge in [0, 0.05) is 19.5 Å². The molecule has 2 saturated heterocycles. The second-order valence-electron chi connectivity index (χ2n) is 12.8. The summed E-state index contributed by atoms with van der Waals surface area (Å²) in [4.78, 5) is 13.0. The molecular formula is C37H40Br3N6O8P. The summed E-state index contributed by atoms with van der Waals surface area (Å²) in [6.07, 6.45) is 1.05. The van der Waals surface area contributed by atoms with Gasteiger partial charge in [0.25, 0.3) is 0 Å². The molecular weight excluding hydrogens is 927 g/mol. The first-order valence-corrected chi connectivity index (χ1v) is 21.3. The molecule has 0 radical (unpaired) electrons. The summed E-state index contributed by atoms with van der Waals surface area (Å²) in [6, 6.07) is 25.5. The van der Waals surface area contributed by atoms with E-state index in [-0.39, 0.29) is 25.5 Å². The Bertz CT molecular complexity index is 2040. The van der Waals surface area contributed by atoms with Crippen molar-refractivity contribution in [1.29, 1.82) is 0 Å². The largest absolute Gasteiger partial charge is 0.497 e. The molecule has 1 unspecified atom stereocenters. The Morgan fingerprint density at radius 3 is 2.09 bits per heavy atom. The monoisotopic (exact) mass is 964 g/mol. The van der Waals surface area contributed by atoms with Gasteiger partial charge in [-0.25, -0.2) is 24.2 Å². The molecule has 2 fully saturated rings. The quantitative estimate of drug-likeness (QED) is 0.0669. The van der Waals surface area contributed by atoms with Crippen LogP contribution in [0.15, 0.2) is 91.5 Å². The van der Waals surface area contributed by atoms with Crippen LogP contribution >= 0.6 is 55.5 Å². The molecule has 14 nitrogen and oxygen atoms in total. The molecule has 55 heavy (non-hydrogen) atoms. The molecule has 0 bridgehead atoms. The lowest BCUT2D eigenvalue weighted by Gasteiger charge is -2.38. The summed E-state index contributed by atoms with van der Waals surface area (Å²) in [5.74, 6) is 1.64. The SMILES string of the molecule is COc1ccc(C(OC[C@H]2O[C@@H](n3cnc4c(N)ncnc43)C[C@@H]2OP(=O)(OCC(Br)(Br)Br)N2CCOCC2)(c2ccccc2)c2ccc(OC)cc2)cc1. The maximum absolute atomic E-state index is 14.9. The van der Waals surface area contributed by atoms with Gasteiger partial charge in [-0.2, -0.15) is 0 Å². The van der Waals surface area contributed by atoms with Crippen LogP contribution in [0.3, 0.4) is 0 Å². The number of nitrogen functional groups attached to an aromatic ring is 1. The van der Waals surface area contributed by atoms with Crippen LogP contribution in [0.25, 0.3) is 11.2 Å². The second kappa shape index (κ2) is 17.3. The molecule has 0 spiro atoms. The van der Waals surface area contributed by atoms with E-state index < -0.39 is 33.9 Å². The first kappa shape index (κ1) is 40.2. The number of imidazole rings is 1. The Kier molecular flexibility index (Phi) is 12.6. The molecule has 3 aromatic carbocycles. The third kappa shape index (κ3) is 8.81. The normalized spacial score (nSPS) is 20.7. The number of methoxy groups -OCH3 is 2. The zero-order chi connectivity index (χ0) is 38.6. The molecule has 5 aromatic rings. The second-order valence-corrected chi connectivity index (χ2v) is 22.1. The van der Waals surface area contributed by atoms with E-state index in [2.05, 4.69) is 62.7 Å². The highest BCUT2D eigenvalue weighted by atomic mass is 80.0. The summed E-state index contributed by atoms with van der Waals surface area (Å²) in [5.41, 5.74) is 8.48. The molecule has 2 aliphatic rings. The number of ether oxygens (including phenoxy) is 5. The first-order valence-electron chi connectivity index (χ1n) is 17.4. The average Bonchev–Trinajstić information content (AvgIpc) is 3.83. The van der Waals surface area contributed by atoms with Crippen molar-refractivity contribution in [3.8, 4) is 11.5 Å². The van der Waals surface area contributed by atoms with E-state index in [9.17, 15) is 4.57 Å². The van der Waals surface area contributed by atoms with Gasteiger partial charge in [0.2, 0.25) is 0 Å². The topological polar surface area (TPSA) is 155 Å². The number of hydrogen-bond donors (Lipinski definition) is 1. The van der Waals surface area contributed by atoms with Crippen LogP contribution in [0.4, 0.5) is 5.82 Å². The van der Waals surface area contributed by atoms with Crippen molar-refractivity contribution in [2.24, 2.45) is 0 Å². The summed E-state index contributed by atoms with van der Waals surface area (Å²) < 4.78 is 61.1. The minimum atomic E-state index is -3.96. The van der Waals surface area contributed by atoms with Crippen molar-refractivity contribution in [2.45, 2.75) is 32.6 Å². The number of fused-ring (bicyclic) bond motifs is 1. The Morgan fingerprint density at radius 1 is 0.873 bits per heavy atom. The molecule has 2 aromatic heterocycles. The van der Waals surface area contributed by atoms with E-state index in [1.807, 2.05) is 78.9 Å². The fourth-order valence-electron chi connectivity index (χ4n) is 6.80. The van der Waals surface area contributed by atoms with E-state index in [1.165, 1.54) is 6.33 Å². The van der Waals surface area contributed by atoms with Crippen molar-refractivity contribution in [3.63, 3.8) is 0 Å². The maximum Gasteiger partial charge on any atom is 0.408 e. The van der Waals surface area contributed by atoms with E-state index in [0.717, 1.165) is 16.7 Å². The van der Waals surface area contributed by atoms with E-state index in [0.29, 0.717) is 49.0 Å². The lowest BCUT2D eigenvalue weighted by Crippen LogP contribution is -2.40. The fraction of sp³-hybridized carbons (Fsp3) is 0.378. The highest BCUT2D eigenvalue weighted by molar-refractivity contribution is 9.39. The molecule has 0 aliphatic carbocycles. The third-order valence-electron chi connectivity index (χ3n) is 9.51. The van der Waals surface area contributed by atoms with Crippen LogP contribution in [0.1, 0.15) is 29.3 Å². The molecule has 0 amide bonds. The predicted molar refractivity (Wildman–Crippen MR) is 217 cm³/mol. The molecule has 2 N–H and O–H groups in total. The minimum absolute atomic E-state index is 0.000252. The standard InChI is InChI=1S/C37H40Br3N6O8P/c1-48-28-12-8-26(9-13-28)37(25-6-4-3-5-7-25,27-10-14-29(49-2)15-11-27)51-21-31-30(20-32(53-31)46-24-44-33-34(41)42-23-43-35(33)46)54-55(47,52-22-36(38,39)40)45-16-18-50-19-17-45/h3-15,23-24,30-32H,16-22H2,1-2H3,(H2,41,42,43)/t30-,31+,32+,55?/m0/s1. The van der Waals surface area contributed by atoms with Crippen LogP contribution in [-0.4, -0.2) is 92.3 Å². The Morgan fingerprint density at radius 2 is 1.49 bits per heavy atom. The van der Waals surface area contributed by atoms with E-state index >= 15 is 0 Å². The molecule has 0 saturated carbocycles. The van der Waals surface area contributed by atoms with Gasteiger partial charge in [-0.1, -0.05) is 102 Å². The highest BCUT2D eigenvalue weighted by Gasteiger charge is 2.48. The summed E-state index contributed by atoms with van der Waals surface area (Å²) in [6.45, 7) is 1.42. The lowest BCUT2D eigenvalue weighted by molar-refractivity contribution is -0.0926. The minimum Gasteiger partial charge on any atom is -0.497 e. The van der Waals surface area contributed by atoms with Gasteiger partial charge in [-0.15, -0.1) is 0 Å². The Hall–Kier alpha value is -2.96. The molecule has 4 atom stereocenters. The molecule has 4 heterocycles. The number of aromatic nitrogens is 4. The Balaban J connectivity index is 1.30. The number of benzene rings is 3. The van der Waals surface area contributed by atoms with Crippen molar-refractivity contribution in [1.82, 2.24) is 24.2 Å². The van der Waals surface area contributed by atoms with Crippen molar-refractivity contribution in [3.05, 3.63) is 108 Å². The van der Waals surface area contributed by atoms with Gasteiger partial charge in [-0.3, -0.25) is 13.6 Å². The van der Waals surface area contributed by atoms with Crippen LogP contribution < -0.4 is 15.2 Å². The summed E-state index contributed by atoms with van der Waals surface area (Å²) in [7, 11) is -0.706. The third-order valence-corrected chi connectivity index (χ3v) is 12.3. The van der Waals surface area contributed by atoms with Crippen molar-refractivity contribution < 1.29 is 37.3 Å². The van der Waals surface area contributed by atoms with Gasteiger partial charge in [0.05, 0.1) is 47.0 Å². The molecule has 7 rings (SSSR count). The smallest absolute Gasteiger partial charge is 0.408 e. The van der Waals surface area contributed by atoms with Crippen LogP contribution in [0, 0.1) is 0 Å². The van der Waals surface area contributed by atoms with Crippen LogP contribution in [0.5, 0.6) is 11.5 Å². The van der Waals surface area contributed by atoms with Crippen molar-refractivity contribution in [2.75, 3.05) is 59.5 Å². The van der Waals surface area contributed by atoms with Crippen LogP contribution in [0.2, 0.25) is 0 Å². The van der Waals surface area contributed by atoms with Gasteiger partial charge < -0.3 is 29.4 Å². The predicted octanol–water partition coefficient (Wildman–Crippen LogP) is 7.40. The fourth-order valence-corrected chi connectivity index (χ4v) is 9.60. The molecule has 2 aliphatic heterocycles.